The second-order valence-corrected chi connectivity index (χ2v) is 3.96. The molecule has 0 aromatic heterocycles. The van der Waals surface area contributed by atoms with Crippen LogP contribution in [0.1, 0.15) is 26.2 Å². The zero-order valence-electron chi connectivity index (χ0n) is 7.90. The molecule has 1 unspecified atom stereocenters. The van der Waals surface area contributed by atoms with Crippen LogP contribution in [0.5, 0.6) is 0 Å². The van der Waals surface area contributed by atoms with Crippen molar-refractivity contribution in [1.29, 1.82) is 0 Å². The van der Waals surface area contributed by atoms with Crippen molar-refractivity contribution in [3.05, 3.63) is 0 Å². The van der Waals surface area contributed by atoms with E-state index < -0.39 is 0 Å². The second kappa shape index (κ2) is 4.45. The zero-order valence-corrected chi connectivity index (χ0v) is 8.66. The second-order valence-electron chi connectivity index (χ2n) is 3.69. The van der Waals surface area contributed by atoms with Gasteiger partial charge < -0.3 is 10.1 Å². The summed E-state index contributed by atoms with van der Waals surface area (Å²) < 4.78 is 5.15. The highest BCUT2D eigenvalue weighted by molar-refractivity contribution is 6.18. The molecule has 0 bridgehead atoms. The van der Waals surface area contributed by atoms with Crippen LogP contribution >= 0.6 is 11.6 Å². The Kier molecular flexibility index (Phi) is 3.81. The van der Waals surface area contributed by atoms with E-state index in [9.17, 15) is 0 Å². The van der Waals surface area contributed by atoms with Crippen LogP contribution in [-0.2, 0) is 4.74 Å². The summed E-state index contributed by atoms with van der Waals surface area (Å²) in [6.07, 6.45) is 4.02. The van der Waals surface area contributed by atoms with E-state index in [0.29, 0.717) is 0 Å². The molecule has 0 aliphatic heterocycles. The average molecular weight is 192 g/mol. The minimum absolute atomic E-state index is 0.231. The molecule has 0 aromatic rings. The van der Waals surface area contributed by atoms with E-state index in [1.54, 1.807) is 7.11 Å². The van der Waals surface area contributed by atoms with Crippen molar-refractivity contribution in [2.75, 3.05) is 19.5 Å². The van der Waals surface area contributed by atoms with Crippen molar-refractivity contribution in [2.45, 2.75) is 37.8 Å². The van der Waals surface area contributed by atoms with Crippen LogP contribution in [-0.4, -0.2) is 31.2 Å². The Morgan fingerprint density at radius 1 is 1.58 bits per heavy atom. The van der Waals surface area contributed by atoms with Gasteiger partial charge in [0, 0.05) is 25.1 Å². The molecule has 0 radical (unpaired) electrons. The molecule has 3 heteroatoms. The minimum Gasteiger partial charge on any atom is -0.380 e. The molecular formula is C9H18ClNO. The smallest absolute Gasteiger partial charge is 0.0667 e. The van der Waals surface area contributed by atoms with Crippen LogP contribution in [0.3, 0.4) is 0 Å². The molecular weight excluding hydrogens is 174 g/mol. The molecule has 72 valence electrons. The van der Waals surface area contributed by atoms with Gasteiger partial charge in [0.2, 0.25) is 0 Å². The third-order valence-electron chi connectivity index (χ3n) is 2.73. The predicted octanol–water partition coefficient (Wildman–Crippen LogP) is 1.77. The summed E-state index contributed by atoms with van der Waals surface area (Å²) in [7, 11) is 1.74. The van der Waals surface area contributed by atoms with Crippen molar-refractivity contribution in [1.82, 2.24) is 5.32 Å². The van der Waals surface area contributed by atoms with Gasteiger partial charge in [-0.2, -0.15) is 0 Å². The summed E-state index contributed by atoms with van der Waals surface area (Å²) in [5.41, 5.74) is 0.231. The van der Waals surface area contributed by atoms with Crippen molar-refractivity contribution in [2.24, 2.45) is 0 Å². The van der Waals surface area contributed by atoms with Gasteiger partial charge in [-0.15, -0.1) is 11.6 Å². The molecule has 0 amide bonds. The first-order valence-electron chi connectivity index (χ1n) is 4.56. The van der Waals surface area contributed by atoms with Crippen LogP contribution in [0.25, 0.3) is 0 Å². The molecule has 1 fully saturated rings. The Bertz CT molecular complexity index is 131. The highest BCUT2D eigenvalue weighted by atomic mass is 35.5. The van der Waals surface area contributed by atoms with Gasteiger partial charge in [-0.25, -0.2) is 0 Å². The maximum atomic E-state index is 5.88. The molecule has 0 heterocycles. The van der Waals surface area contributed by atoms with Crippen LogP contribution in [0, 0.1) is 0 Å². The van der Waals surface area contributed by atoms with Gasteiger partial charge in [-0.3, -0.25) is 0 Å². The molecule has 1 rings (SSSR count). The van der Waals surface area contributed by atoms with Crippen LogP contribution < -0.4 is 5.32 Å². The number of rotatable bonds is 5. The molecule has 0 spiro atoms. The first-order valence-corrected chi connectivity index (χ1v) is 5.10. The number of hydrogen-bond acceptors (Lipinski definition) is 2. The summed E-state index contributed by atoms with van der Waals surface area (Å²) in [5.74, 6) is 0.726. The lowest BCUT2D eigenvalue weighted by Crippen LogP contribution is -2.54. The standard InChI is InChI=1S/C9H18ClNO/c1-8(12-2)6-11-9(7-10)4-3-5-9/h8,11H,3-7H2,1-2H3. The van der Waals surface area contributed by atoms with Crippen LogP contribution in [0.15, 0.2) is 0 Å². The highest BCUT2D eigenvalue weighted by Gasteiger charge is 2.35. The maximum Gasteiger partial charge on any atom is 0.0667 e. The molecule has 1 aliphatic carbocycles. The fraction of sp³-hybridized carbons (Fsp3) is 1.00. The van der Waals surface area contributed by atoms with E-state index in [2.05, 4.69) is 12.2 Å². The van der Waals surface area contributed by atoms with E-state index in [-0.39, 0.29) is 11.6 Å². The van der Waals surface area contributed by atoms with Crippen molar-refractivity contribution in [3.63, 3.8) is 0 Å². The van der Waals surface area contributed by atoms with Gasteiger partial charge in [0.15, 0.2) is 0 Å². The van der Waals surface area contributed by atoms with Gasteiger partial charge in [-0.05, 0) is 26.2 Å². The lowest BCUT2D eigenvalue weighted by atomic mass is 9.78. The largest absolute Gasteiger partial charge is 0.380 e. The number of methoxy groups -OCH3 is 1. The Morgan fingerprint density at radius 2 is 2.25 bits per heavy atom. The van der Waals surface area contributed by atoms with Crippen molar-refractivity contribution >= 4 is 11.6 Å². The lowest BCUT2D eigenvalue weighted by Gasteiger charge is -2.41. The molecule has 0 saturated heterocycles. The fourth-order valence-electron chi connectivity index (χ4n) is 1.40. The Hall–Kier alpha value is 0.210. The number of hydrogen-bond donors (Lipinski definition) is 1. The van der Waals surface area contributed by atoms with Crippen molar-refractivity contribution < 1.29 is 4.74 Å². The summed E-state index contributed by atoms with van der Waals surface area (Å²) >= 11 is 5.88. The quantitative estimate of drug-likeness (QED) is 0.669. The van der Waals surface area contributed by atoms with Gasteiger partial charge >= 0.3 is 0 Å². The van der Waals surface area contributed by atoms with Gasteiger partial charge in [0.1, 0.15) is 0 Å². The molecule has 2 nitrogen and oxygen atoms in total. The van der Waals surface area contributed by atoms with E-state index in [1.807, 2.05) is 0 Å². The van der Waals surface area contributed by atoms with Gasteiger partial charge in [0.25, 0.3) is 0 Å². The van der Waals surface area contributed by atoms with Crippen LogP contribution in [0.4, 0.5) is 0 Å². The molecule has 1 atom stereocenters. The molecule has 1 N–H and O–H groups in total. The van der Waals surface area contributed by atoms with E-state index >= 15 is 0 Å². The normalized spacial score (nSPS) is 23.2. The number of halogens is 1. The topological polar surface area (TPSA) is 21.3 Å². The van der Waals surface area contributed by atoms with Gasteiger partial charge in [0.05, 0.1) is 6.10 Å². The number of alkyl halides is 1. The average Bonchev–Trinajstić information content (AvgIpc) is 2.03. The summed E-state index contributed by atoms with van der Waals surface area (Å²) in [4.78, 5) is 0. The summed E-state index contributed by atoms with van der Waals surface area (Å²) in [6, 6.07) is 0. The monoisotopic (exact) mass is 191 g/mol. The van der Waals surface area contributed by atoms with Crippen molar-refractivity contribution in [3.8, 4) is 0 Å². The first kappa shape index (κ1) is 10.3. The predicted molar refractivity (Wildman–Crippen MR) is 51.8 cm³/mol. The van der Waals surface area contributed by atoms with E-state index in [1.165, 1.54) is 19.3 Å². The third kappa shape index (κ3) is 2.35. The number of nitrogens with one attached hydrogen (secondary N) is 1. The lowest BCUT2D eigenvalue weighted by molar-refractivity contribution is 0.0963. The minimum atomic E-state index is 0.231. The first-order chi connectivity index (χ1) is 5.72. The van der Waals surface area contributed by atoms with Crippen LogP contribution in [0.2, 0.25) is 0 Å². The fourth-order valence-corrected chi connectivity index (χ4v) is 1.77. The zero-order chi connectivity index (χ0) is 9.03. The third-order valence-corrected chi connectivity index (χ3v) is 3.24. The Morgan fingerprint density at radius 3 is 2.58 bits per heavy atom. The Labute approximate surface area is 79.6 Å². The van der Waals surface area contributed by atoms with E-state index in [4.69, 9.17) is 16.3 Å². The number of ether oxygens (including phenoxy) is 1. The Balaban J connectivity index is 2.20. The molecule has 12 heavy (non-hydrogen) atoms. The molecule has 0 aromatic carbocycles. The molecule has 1 aliphatic rings. The van der Waals surface area contributed by atoms with E-state index in [0.717, 1.165) is 12.4 Å². The molecule has 1 saturated carbocycles. The SMILES string of the molecule is COC(C)CNC1(CCl)CCC1. The summed E-state index contributed by atoms with van der Waals surface area (Å²) in [6.45, 7) is 2.97. The van der Waals surface area contributed by atoms with Gasteiger partial charge in [-0.1, -0.05) is 0 Å². The maximum absolute atomic E-state index is 5.88. The summed E-state index contributed by atoms with van der Waals surface area (Å²) in [5, 5.41) is 3.48. The highest BCUT2D eigenvalue weighted by Crippen LogP contribution is 2.32.